The highest BCUT2D eigenvalue weighted by Crippen LogP contribution is 2.22. The Hall–Kier alpha value is -0.870. The van der Waals surface area contributed by atoms with E-state index >= 15 is 0 Å². The van der Waals surface area contributed by atoms with Crippen LogP contribution in [0.4, 0.5) is 5.82 Å². The summed E-state index contributed by atoms with van der Waals surface area (Å²) in [6.07, 6.45) is 0. The van der Waals surface area contributed by atoms with Gasteiger partial charge in [0, 0.05) is 0 Å². The number of aliphatic hydroxyl groups excluding tert-OH is 1. The van der Waals surface area contributed by atoms with E-state index in [1.165, 1.54) is 0 Å². The van der Waals surface area contributed by atoms with Gasteiger partial charge in [-0.2, -0.15) is 0 Å². The monoisotopic (exact) mass is 229 g/mol. The van der Waals surface area contributed by atoms with Crippen molar-refractivity contribution in [2.24, 2.45) is 0 Å². The first-order chi connectivity index (χ1) is 6.87. The van der Waals surface area contributed by atoms with Crippen LogP contribution in [-0.4, -0.2) is 27.4 Å². The Balaban J connectivity index is 3.02. The molecule has 0 aromatic carbocycles. The number of halogens is 1. The standard InChI is InChI=1S/C10H16ClN3O/c1-6-7(2)9(14-13-8(6)11)12-10(3,4)5-15/h15H,5H2,1-4H3,(H,12,14). The third-order valence-corrected chi connectivity index (χ3v) is 2.68. The molecule has 1 aromatic rings. The second-order valence-corrected chi connectivity index (χ2v) is 4.61. The molecular formula is C10H16ClN3O. The summed E-state index contributed by atoms with van der Waals surface area (Å²) in [6.45, 7) is 7.61. The molecular weight excluding hydrogens is 214 g/mol. The summed E-state index contributed by atoms with van der Waals surface area (Å²) in [4.78, 5) is 0. The largest absolute Gasteiger partial charge is 0.394 e. The van der Waals surface area contributed by atoms with Crippen molar-refractivity contribution in [3.63, 3.8) is 0 Å². The topological polar surface area (TPSA) is 58.0 Å². The zero-order valence-electron chi connectivity index (χ0n) is 9.43. The Morgan fingerprint density at radius 2 is 1.87 bits per heavy atom. The van der Waals surface area contributed by atoms with Crippen molar-refractivity contribution < 1.29 is 5.11 Å². The van der Waals surface area contributed by atoms with Crippen LogP contribution in [0.3, 0.4) is 0 Å². The summed E-state index contributed by atoms with van der Waals surface area (Å²) >= 11 is 5.84. The molecule has 1 rings (SSSR count). The molecule has 0 amide bonds. The van der Waals surface area contributed by atoms with Gasteiger partial charge < -0.3 is 10.4 Å². The molecule has 1 aromatic heterocycles. The average molecular weight is 230 g/mol. The van der Waals surface area contributed by atoms with Gasteiger partial charge in [-0.15, -0.1) is 10.2 Å². The van der Waals surface area contributed by atoms with E-state index in [9.17, 15) is 0 Å². The highest BCUT2D eigenvalue weighted by Gasteiger charge is 2.18. The maximum Gasteiger partial charge on any atom is 0.155 e. The second kappa shape index (κ2) is 4.33. The summed E-state index contributed by atoms with van der Waals surface area (Å²) < 4.78 is 0. The molecule has 0 unspecified atom stereocenters. The van der Waals surface area contributed by atoms with Crippen LogP contribution in [0.5, 0.6) is 0 Å². The molecule has 4 nitrogen and oxygen atoms in total. The van der Waals surface area contributed by atoms with Crippen LogP contribution in [0.2, 0.25) is 5.15 Å². The van der Waals surface area contributed by atoms with Gasteiger partial charge in [-0.1, -0.05) is 11.6 Å². The molecule has 5 heteroatoms. The van der Waals surface area contributed by atoms with Crippen LogP contribution in [-0.2, 0) is 0 Å². The van der Waals surface area contributed by atoms with Crippen molar-refractivity contribution in [3.8, 4) is 0 Å². The van der Waals surface area contributed by atoms with Crippen molar-refractivity contribution in [1.82, 2.24) is 10.2 Å². The van der Waals surface area contributed by atoms with Gasteiger partial charge in [-0.25, -0.2) is 0 Å². The molecule has 0 saturated heterocycles. The Labute approximate surface area is 94.7 Å². The SMILES string of the molecule is Cc1c(Cl)nnc(NC(C)(C)CO)c1C. The molecule has 2 N–H and O–H groups in total. The molecule has 0 radical (unpaired) electrons. The van der Waals surface area contributed by atoms with E-state index in [1.54, 1.807) is 0 Å². The van der Waals surface area contributed by atoms with Crippen LogP contribution in [0.15, 0.2) is 0 Å². The molecule has 0 atom stereocenters. The molecule has 0 aliphatic carbocycles. The molecule has 0 aliphatic rings. The van der Waals surface area contributed by atoms with Crippen LogP contribution in [0, 0.1) is 13.8 Å². The zero-order chi connectivity index (χ0) is 11.6. The van der Waals surface area contributed by atoms with Gasteiger partial charge in [0.2, 0.25) is 0 Å². The van der Waals surface area contributed by atoms with Gasteiger partial charge in [-0.05, 0) is 38.8 Å². The molecule has 0 bridgehead atoms. The van der Waals surface area contributed by atoms with Gasteiger partial charge in [0.25, 0.3) is 0 Å². The molecule has 0 aliphatic heterocycles. The highest BCUT2D eigenvalue weighted by atomic mass is 35.5. The Morgan fingerprint density at radius 3 is 2.40 bits per heavy atom. The summed E-state index contributed by atoms with van der Waals surface area (Å²) in [5, 5.41) is 20.5. The van der Waals surface area contributed by atoms with E-state index in [0.717, 1.165) is 11.1 Å². The van der Waals surface area contributed by atoms with Gasteiger partial charge in [0.15, 0.2) is 11.0 Å². The van der Waals surface area contributed by atoms with E-state index in [0.29, 0.717) is 11.0 Å². The number of rotatable bonds is 3. The molecule has 84 valence electrons. The molecule has 0 saturated carbocycles. The summed E-state index contributed by atoms with van der Waals surface area (Å²) in [6, 6.07) is 0. The molecule has 0 fully saturated rings. The second-order valence-electron chi connectivity index (χ2n) is 4.26. The van der Waals surface area contributed by atoms with E-state index < -0.39 is 5.54 Å². The first kappa shape index (κ1) is 12.2. The van der Waals surface area contributed by atoms with Crippen molar-refractivity contribution in [2.75, 3.05) is 11.9 Å². The van der Waals surface area contributed by atoms with Crippen LogP contribution >= 0.6 is 11.6 Å². The Kier molecular flexibility index (Phi) is 3.52. The summed E-state index contributed by atoms with van der Waals surface area (Å²) in [7, 11) is 0. The lowest BCUT2D eigenvalue weighted by atomic mass is 10.1. The zero-order valence-corrected chi connectivity index (χ0v) is 10.2. The van der Waals surface area contributed by atoms with E-state index in [4.69, 9.17) is 16.7 Å². The number of nitrogens with zero attached hydrogens (tertiary/aromatic N) is 2. The average Bonchev–Trinajstić information content (AvgIpc) is 2.19. The fraction of sp³-hybridized carbons (Fsp3) is 0.600. The van der Waals surface area contributed by atoms with Gasteiger partial charge >= 0.3 is 0 Å². The minimum atomic E-state index is -0.417. The number of aliphatic hydroxyl groups is 1. The predicted octanol–water partition coefficient (Wildman–Crippen LogP) is 1.93. The van der Waals surface area contributed by atoms with Gasteiger partial charge in [-0.3, -0.25) is 0 Å². The molecule has 0 spiro atoms. The van der Waals surface area contributed by atoms with Crippen LogP contribution in [0.1, 0.15) is 25.0 Å². The number of aromatic nitrogens is 2. The minimum absolute atomic E-state index is 0.0236. The number of hydrogen-bond acceptors (Lipinski definition) is 4. The van der Waals surface area contributed by atoms with Crippen molar-refractivity contribution in [3.05, 3.63) is 16.3 Å². The van der Waals surface area contributed by atoms with E-state index in [2.05, 4.69) is 15.5 Å². The number of anilines is 1. The number of hydrogen-bond donors (Lipinski definition) is 2. The van der Waals surface area contributed by atoms with Crippen molar-refractivity contribution >= 4 is 17.4 Å². The predicted molar refractivity (Wildman–Crippen MR) is 61.3 cm³/mol. The third kappa shape index (κ3) is 2.79. The lowest BCUT2D eigenvalue weighted by Gasteiger charge is -2.25. The lowest BCUT2D eigenvalue weighted by Crippen LogP contribution is -2.35. The first-order valence-electron chi connectivity index (χ1n) is 4.76. The lowest BCUT2D eigenvalue weighted by molar-refractivity contribution is 0.233. The van der Waals surface area contributed by atoms with Crippen LogP contribution < -0.4 is 5.32 Å². The van der Waals surface area contributed by atoms with Gasteiger partial charge in [0.1, 0.15) is 0 Å². The quantitative estimate of drug-likeness (QED) is 0.832. The Morgan fingerprint density at radius 1 is 1.27 bits per heavy atom. The van der Waals surface area contributed by atoms with Crippen LogP contribution in [0.25, 0.3) is 0 Å². The maximum atomic E-state index is 9.13. The van der Waals surface area contributed by atoms with Crippen molar-refractivity contribution in [1.29, 1.82) is 0 Å². The minimum Gasteiger partial charge on any atom is -0.394 e. The summed E-state index contributed by atoms with van der Waals surface area (Å²) in [5.74, 6) is 0.663. The third-order valence-electron chi connectivity index (χ3n) is 2.32. The molecule has 15 heavy (non-hydrogen) atoms. The normalized spacial score (nSPS) is 11.6. The maximum absolute atomic E-state index is 9.13. The number of nitrogens with one attached hydrogen (secondary N) is 1. The summed E-state index contributed by atoms with van der Waals surface area (Å²) in [5.41, 5.74) is 1.44. The first-order valence-corrected chi connectivity index (χ1v) is 5.13. The van der Waals surface area contributed by atoms with E-state index in [-0.39, 0.29) is 6.61 Å². The fourth-order valence-corrected chi connectivity index (χ4v) is 1.23. The fourth-order valence-electron chi connectivity index (χ4n) is 1.06. The van der Waals surface area contributed by atoms with Crippen molar-refractivity contribution in [2.45, 2.75) is 33.2 Å². The van der Waals surface area contributed by atoms with E-state index in [1.807, 2.05) is 27.7 Å². The Bertz CT molecular complexity index is 366. The molecule has 1 heterocycles. The smallest absolute Gasteiger partial charge is 0.155 e. The van der Waals surface area contributed by atoms with Gasteiger partial charge in [0.05, 0.1) is 12.1 Å². The highest BCUT2D eigenvalue weighted by molar-refractivity contribution is 6.30.